The third kappa shape index (κ3) is 4.31. The highest BCUT2D eigenvalue weighted by Crippen LogP contribution is 2.59. The minimum absolute atomic E-state index is 0.0717. The normalized spacial score (nSPS) is 15.2. The highest BCUT2D eigenvalue weighted by molar-refractivity contribution is 6.10. The minimum atomic E-state index is -0.0933. The summed E-state index contributed by atoms with van der Waals surface area (Å²) >= 11 is 0. The van der Waals surface area contributed by atoms with E-state index in [0.717, 1.165) is 44.3 Å². The number of para-hydroxylation sites is 4. The zero-order valence-electron chi connectivity index (χ0n) is 35.0. The van der Waals surface area contributed by atoms with Gasteiger partial charge in [0.25, 0.3) is 0 Å². The van der Waals surface area contributed by atoms with Gasteiger partial charge in [0.1, 0.15) is 0 Å². The first-order valence-corrected chi connectivity index (χ1v) is 22.3. The molecule has 6 nitrogen and oxygen atoms in total. The van der Waals surface area contributed by atoms with Crippen LogP contribution >= 0.6 is 0 Å². The molecule has 3 aliphatic rings. The first-order valence-electron chi connectivity index (χ1n) is 22.3. The van der Waals surface area contributed by atoms with Crippen LogP contribution in [0.2, 0.25) is 0 Å². The van der Waals surface area contributed by atoms with Crippen LogP contribution in [0, 0.1) is 0 Å². The molecule has 2 bridgehead atoms. The number of hydrogen-bond acceptors (Lipinski definition) is 4. The third-order valence-electron chi connectivity index (χ3n) is 15.0. The molecule has 2 atom stereocenters. The molecule has 0 radical (unpaired) electrons. The Morgan fingerprint density at radius 3 is 1.06 bits per heavy atom. The molecular weight excluding hydrogens is 813 g/mol. The molecule has 0 amide bonds. The van der Waals surface area contributed by atoms with Crippen molar-refractivity contribution in [2.45, 2.75) is 11.8 Å². The number of rotatable bonds is 2. The molecule has 0 fully saturated rings. The molecule has 0 saturated heterocycles. The molecule has 0 spiro atoms. The molecular formula is C60H32N2O4. The lowest BCUT2D eigenvalue weighted by atomic mass is 9.59. The van der Waals surface area contributed by atoms with E-state index >= 15 is 0 Å². The quantitative estimate of drug-likeness (QED) is 0.128. The van der Waals surface area contributed by atoms with Crippen molar-refractivity contribution in [3.8, 4) is 22.3 Å². The van der Waals surface area contributed by atoms with Crippen LogP contribution in [0.1, 0.15) is 45.2 Å². The summed E-state index contributed by atoms with van der Waals surface area (Å²) in [6.45, 7) is 0. The predicted octanol–water partition coefficient (Wildman–Crippen LogP) is 11.7. The lowest BCUT2D eigenvalue weighted by Gasteiger charge is -2.44. The Morgan fingerprint density at radius 2 is 0.621 bits per heavy atom. The molecule has 4 heterocycles. The van der Waals surface area contributed by atoms with Crippen LogP contribution in [0.25, 0.3) is 98.4 Å². The van der Waals surface area contributed by atoms with Gasteiger partial charge in [0.15, 0.2) is 21.7 Å². The highest BCUT2D eigenvalue weighted by Gasteiger charge is 2.43. The Bertz CT molecular complexity index is 4350. The van der Waals surface area contributed by atoms with Crippen molar-refractivity contribution in [3.05, 3.63) is 256 Å². The number of hydrogen-bond donors (Lipinski definition) is 0. The lowest BCUT2D eigenvalue weighted by Crippen LogP contribution is -2.28. The largest absolute Gasteiger partial charge is 0.308 e. The molecule has 0 saturated carbocycles. The Hall–Kier alpha value is -8.74. The van der Waals surface area contributed by atoms with Crippen molar-refractivity contribution in [3.63, 3.8) is 0 Å². The monoisotopic (exact) mass is 844 g/mol. The third-order valence-corrected chi connectivity index (χ3v) is 15.0. The Balaban J connectivity index is 0.955. The molecule has 2 unspecified atom stereocenters. The molecule has 16 rings (SSSR count). The maximum absolute atomic E-state index is 14.6. The van der Waals surface area contributed by atoms with Gasteiger partial charge in [0.05, 0.1) is 33.1 Å². The van der Waals surface area contributed by atoms with Crippen LogP contribution in [-0.2, 0) is 0 Å². The van der Waals surface area contributed by atoms with Crippen molar-refractivity contribution >= 4 is 76.2 Å². The fourth-order valence-electron chi connectivity index (χ4n) is 12.3. The second kappa shape index (κ2) is 12.5. The van der Waals surface area contributed by atoms with E-state index in [1.807, 2.05) is 97.1 Å². The number of nitrogens with zero attached hydrogens (tertiary/aromatic N) is 2. The first-order chi connectivity index (χ1) is 32.5. The van der Waals surface area contributed by atoms with Crippen LogP contribution in [0.5, 0.6) is 0 Å². The van der Waals surface area contributed by atoms with Crippen LogP contribution in [0.3, 0.4) is 0 Å². The minimum Gasteiger partial charge on any atom is -0.308 e. The highest BCUT2D eigenvalue weighted by atomic mass is 16.1. The van der Waals surface area contributed by atoms with Gasteiger partial charge in [-0.05, 0) is 128 Å². The summed E-state index contributed by atoms with van der Waals surface area (Å²) in [7, 11) is 0. The fourth-order valence-corrected chi connectivity index (χ4v) is 12.3. The zero-order valence-corrected chi connectivity index (χ0v) is 35.0. The van der Waals surface area contributed by atoms with E-state index in [9.17, 15) is 19.2 Å². The summed E-state index contributed by atoms with van der Waals surface area (Å²) < 4.78 is 4.18. The van der Waals surface area contributed by atoms with E-state index in [1.54, 1.807) is 0 Å². The van der Waals surface area contributed by atoms with Crippen LogP contribution in [0.4, 0.5) is 0 Å². The summed E-state index contributed by atoms with van der Waals surface area (Å²) in [5.74, 6) is -0.177. The van der Waals surface area contributed by atoms with Crippen molar-refractivity contribution in [2.24, 2.45) is 0 Å². The van der Waals surface area contributed by atoms with Gasteiger partial charge < -0.3 is 8.80 Å². The van der Waals surface area contributed by atoms with Crippen LogP contribution in [0.15, 0.2) is 201 Å². The number of benzene rings is 9. The van der Waals surface area contributed by atoms with E-state index in [2.05, 4.69) is 93.7 Å². The molecule has 66 heavy (non-hydrogen) atoms. The van der Waals surface area contributed by atoms with Crippen molar-refractivity contribution in [2.75, 3.05) is 0 Å². The fraction of sp³-hybridized carbons (Fsp3) is 0.0333. The molecule has 6 heteroatoms. The number of pyridine rings is 4. The van der Waals surface area contributed by atoms with Crippen LogP contribution < -0.4 is 21.7 Å². The Kier molecular flexibility index (Phi) is 6.76. The van der Waals surface area contributed by atoms with Crippen LogP contribution in [-0.4, -0.2) is 8.80 Å². The summed E-state index contributed by atoms with van der Waals surface area (Å²) in [5, 5.41) is 4.56. The van der Waals surface area contributed by atoms with E-state index in [-0.39, 0.29) is 33.6 Å². The van der Waals surface area contributed by atoms with Gasteiger partial charge >= 0.3 is 0 Å². The average Bonchev–Trinajstić information content (AvgIpc) is 3.37. The van der Waals surface area contributed by atoms with E-state index < -0.39 is 0 Å². The second-order valence-electron chi connectivity index (χ2n) is 18.0. The van der Waals surface area contributed by atoms with Gasteiger partial charge in [0, 0.05) is 54.9 Å². The number of fused-ring (bicyclic) bond motifs is 8. The van der Waals surface area contributed by atoms with Gasteiger partial charge in [-0.2, -0.15) is 0 Å². The first kappa shape index (κ1) is 35.7. The topological polar surface area (TPSA) is 77.1 Å². The van der Waals surface area contributed by atoms with Gasteiger partial charge in [-0.25, -0.2) is 0 Å². The molecule has 9 aromatic carbocycles. The Morgan fingerprint density at radius 1 is 0.288 bits per heavy atom. The standard InChI is InChI=1S/C60H32N2O4/c63-57-37-13-3-5-23-47(37)61-49-27-25-31(29-45(49)59(65)43-21-9-19-41(57)55(43)61)33-15-8-18-40-51(33)53-35-11-1-2-12-36(35)54(40)52-34(16-7-17-39(52)53)32-26-28-50-46(30-32)60(66)44-22-10-20-42-56(44)62(50)48-24-6-4-14-38(48)58(42)64/h1-30,53-54H. The molecule has 3 aliphatic carbocycles. The van der Waals surface area contributed by atoms with Crippen molar-refractivity contribution < 1.29 is 0 Å². The van der Waals surface area contributed by atoms with Crippen molar-refractivity contribution in [1.29, 1.82) is 0 Å². The molecule has 306 valence electrons. The molecule has 4 aromatic heterocycles. The van der Waals surface area contributed by atoms with Crippen molar-refractivity contribution in [1.82, 2.24) is 8.80 Å². The maximum Gasteiger partial charge on any atom is 0.197 e. The summed E-state index contributed by atoms with van der Waals surface area (Å²) in [4.78, 5) is 56.6. The second-order valence-corrected chi connectivity index (χ2v) is 18.0. The lowest BCUT2D eigenvalue weighted by molar-refractivity contribution is 0.758. The van der Waals surface area contributed by atoms with Gasteiger partial charge in [-0.15, -0.1) is 0 Å². The smallest absolute Gasteiger partial charge is 0.197 e. The molecule has 13 aromatic rings. The summed E-state index contributed by atoms with van der Waals surface area (Å²) in [5.41, 5.74) is 15.6. The Labute approximate surface area is 373 Å². The van der Waals surface area contributed by atoms with Gasteiger partial charge in [-0.1, -0.05) is 109 Å². The van der Waals surface area contributed by atoms with E-state index in [4.69, 9.17) is 0 Å². The van der Waals surface area contributed by atoms with E-state index in [0.29, 0.717) is 54.1 Å². The maximum atomic E-state index is 14.6. The van der Waals surface area contributed by atoms with Gasteiger partial charge in [0.2, 0.25) is 0 Å². The number of aromatic nitrogens is 2. The molecule has 0 aliphatic heterocycles. The average molecular weight is 845 g/mol. The summed E-state index contributed by atoms with van der Waals surface area (Å²) in [6, 6.07) is 60.6. The molecule has 0 N–H and O–H groups in total. The summed E-state index contributed by atoms with van der Waals surface area (Å²) in [6.07, 6.45) is 0. The zero-order chi connectivity index (χ0) is 43.7. The van der Waals surface area contributed by atoms with Gasteiger partial charge in [-0.3, -0.25) is 19.2 Å². The predicted molar refractivity (Wildman–Crippen MR) is 266 cm³/mol. The SMILES string of the molecule is O=c1c2ccccc2n2c3ccc(-c4cccc5c4C4c6ccccc6C5c5c(-c6ccc7c(c6)c(=O)c6cccc8c(=O)c9ccccc9n7c86)cccc54)cc3c(=O)c3cccc1c32. The van der Waals surface area contributed by atoms with E-state index in [1.165, 1.54) is 33.4 Å².